The van der Waals surface area contributed by atoms with E-state index in [4.69, 9.17) is 18.5 Å². The molecule has 4 heterocycles. The lowest BCUT2D eigenvalue weighted by Gasteiger charge is -2.21. The Kier molecular flexibility index (Phi) is 12.8. The van der Waals surface area contributed by atoms with Gasteiger partial charge in [-0.25, -0.2) is 9.59 Å². The van der Waals surface area contributed by atoms with Crippen molar-refractivity contribution in [2.75, 3.05) is 13.2 Å². The molecule has 0 saturated carbocycles. The Morgan fingerprint density at radius 2 is 1.00 bits per heavy atom. The van der Waals surface area contributed by atoms with Crippen molar-refractivity contribution < 1.29 is 33.8 Å². The number of phenols is 2. The summed E-state index contributed by atoms with van der Waals surface area (Å²) >= 11 is 0. The Bertz CT molecular complexity index is 2230. The largest absolute Gasteiger partial charge is 0.507 e. The molecule has 4 unspecified atom stereocenters. The van der Waals surface area contributed by atoms with Crippen molar-refractivity contribution in [2.45, 2.75) is 78.1 Å². The van der Waals surface area contributed by atoms with Gasteiger partial charge in [0.25, 0.3) is 0 Å². The molecule has 6 aromatic rings. The molecule has 2 N–H and O–H groups in total. The quantitative estimate of drug-likeness (QED) is 0.0486. The van der Waals surface area contributed by atoms with Gasteiger partial charge in [0.1, 0.15) is 27.6 Å². The summed E-state index contributed by atoms with van der Waals surface area (Å²) in [5.74, 6) is 0.723. The summed E-state index contributed by atoms with van der Waals surface area (Å²) in [5.41, 5.74) is 4.14. The Labute approximate surface area is 324 Å². The van der Waals surface area contributed by atoms with Crippen LogP contribution in [0.5, 0.6) is 11.5 Å². The molecule has 6 rings (SSSR count). The molecule has 12 nitrogen and oxygen atoms in total. The van der Waals surface area contributed by atoms with Gasteiger partial charge in [0.05, 0.1) is 10.8 Å². The van der Waals surface area contributed by atoms with Crippen molar-refractivity contribution in [3.8, 4) is 33.8 Å². The van der Waals surface area contributed by atoms with E-state index in [9.17, 15) is 24.7 Å². The predicted octanol–water partition coefficient (Wildman–Crippen LogP) is 9.60. The van der Waals surface area contributed by atoms with Crippen LogP contribution in [0.2, 0.25) is 0 Å². The summed E-state index contributed by atoms with van der Waals surface area (Å²) in [6.07, 6.45) is 11.2. The van der Waals surface area contributed by atoms with Crippen LogP contribution in [0.1, 0.15) is 89.2 Å². The zero-order valence-corrected chi connectivity index (χ0v) is 32.1. The van der Waals surface area contributed by atoms with Gasteiger partial charge >= 0.3 is 16.3 Å². The number of pyridine rings is 2. The molecule has 0 aliphatic rings. The van der Waals surface area contributed by atoms with Crippen LogP contribution in [0.3, 0.4) is 0 Å². The fraction of sp³-hybridized carbons (Fsp3) is 0.364. The van der Waals surface area contributed by atoms with Gasteiger partial charge in [0.2, 0.25) is 0 Å². The SMILES string of the molecule is CC(CCCCO[N+](=O)OCCCCC(C)C(C)c1cc(O)c2c(-c3ccncc3)cc(=O)oc2c1)C(C)c1cc(O)c2c(-c3ccncc3)cc(=O)oc2c1. The molecule has 12 heteroatoms. The summed E-state index contributed by atoms with van der Waals surface area (Å²) in [7, 11) is 0. The monoisotopic (exact) mass is 762 g/mol. The minimum Gasteiger partial charge on any atom is -0.507 e. The van der Waals surface area contributed by atoms with Crippen LogP contribution in [0.4, 0.5) is 0 Å². The predicted molar refractivity (Wildman–Crippen MR) is 213 cm³/mol. The molecule has 56 heavy (non-hydrogen) atoms. The van der Waals surface area contributed by atoms with Crippen molar-refractivity contribution >= 4 is 21.9 Å². The number of aromatic hydroxyl groups is 2. The summed E-state index contributed by atoms with van der Waals surface area (Å²) in [4.78, 5) is 55.4. The molecule has 0 amide bonds. The average molecular weight is 763 g/mol. The molecule has 4 atom stereocenters. The van der Waals surface area contributed by atoms with E-state index in [-0.39, 0.29) is 53.5 Å². The third-order valence-corrected chi connectivity index (χ3v) is 10.9. The van der Waals surface area contributed by atoms with Crippen LogP contribution in [-0.4, -0.2) is 38.5 Å². The standard InChI is InChI=1S/C44H47N3O9/c1-27(29(3)33-21-37(48)43-35(31-11-15-45-16-12-31)25-41(50)55-39(43)23-33)9-5-7-19-53-47(52)54-20-8-6-10-28(2)30(4)34-22-38(49)44-36(32-13-17-46-18-14-32)26-42(51)56-40(44)24-34/h11-18,21-30H,5-10,19-20H2,1-4H3,(H-,48,49,50,51)/p+1. The van der Waals surface area contributed by atoms with E-state index in [1.54, 1.807) is 61.2 Å². The number of aromatic nitrogens is 2. The van der Waals surface area contributed by atoms with Crippen molar-refractivity contribution in [3.05, 3.63) is 122 Å². The molecule has 0 aliphatic heterocycles. The van der Waals surface area contributed by atoms with Crippen LogP contribution in [0, 0.1) is 16.7 Å². The van der Waals surface area contributed by atoms with Gasteiger partial charge in [-0.2, -0.15) is 9.68 Å². The summed E-state index contributed by atoms with van der Waals surface area (Å²) in [6.45, 7) is 8.87. The molecule has 2 aromatic carbocycles. The van der Waals surface area contributed by atoms with E-state index in [2.05, 4.69) is 37.7 Å². The number of phenolic OH excluding ortho intramolecular Hbond substituents is 2. The maximum Gasteiger partial charge on any atom is 0.477 e. The summed E-state index contributed by atoms with van der Waals surface area (Å²) < 4.78 is 11.0. The molecular formula is C44H48N3O9+. The lowest BCUT2D eigenvalue weighted by Crippen LogP contribution is -2.13. The third-order valence-electron chi connectivity index (χ3n) is 10.9. The Balaban J connectivity index is 0.903. The van der Waals surface area contributed by atoms with Gasteiger partial charge < -0.3 is 19.0 Å². The lowest BCUT2D eigenvalue weighted by molar-refractivity contribution is -0.981. The first-order chi connectivity index (χ1) is 27.0. The normalized spacial score (nSPS) is 13.6. The molecule has 0 bridgehead atoms. The zero-order valence-electron chi connectivity index (χ0n) is 32.1. The molecule has 292 valence electrons. The van der Waals surface area contributed by atoms with Gasteiger partial charge in [0.15, 0.2) is 13.2 Å². The zero-order chi connectivity index (χ0) is 39.8. The smallest absolute Gasteiger partial charge is 0.477 e. The van der Waals surface area contributed by atoms with E-state index < -0.39 is 11.3 Å². The van der Waals surface area contributed by atoms with Gasteiger partial charge in [-0.3, -0.25) is 9.97 Å². The highest BCUT2D eigenvalue weighted by Crippen LogP contribution is 2.40. The molecular weight excluding hydrogens is 714 g/mol. The van der Waals surface area contributed by atoms with E-state index in [1.165, 1.54) is 12.1 Å². The van der Waals surface area contributed by atoms with Crippen LogP contribution in [0.15, 0.2) is 104 Å². The van der Waals surface area contributed by atoms with Crippen LogP contribution >= 0.6 is 0 Å². The number of hydrogen-bond donors (Lipinski definition) is 2. The van der Waals surface area contributed by atoms with E-state index >= 15 is 0 Å². The number of fused-ring (bicyclic) bond motifs is 2. The second kappa shape index (κ2) is 18.1. The minimum absolute atomic E-state index is 0.0519. The molecule has 4 aromatic heterocycles. The highest BCUT2D eigenvalue weighted by Gasteiger charge is 2.22. The molecule has 0 aliphatic carbocycles. The third kappa shape index (κ3) is 9.42. The van der Waals surface area contributed by atoms with Gasteiger partial charge in [-0.05, 0) is 120 Å². The van der Waals surface area contributed by atoms with Crippen LogP contribution in [0.25, 0.3) is 44.2 Å². The Morgan fingerprint density at radius 3 is 1.39 bits per heavy atom. The van der Waals surface area contributed by atoms with Gasteiger partial charge in [-0.1, -0.05) is 40.5 Å². The molecule has 0 radical (unpaired) electrons. The van der Waals surface area contributed by atoms with Crippen molar-refractivity contribution in [2.24, 2.45) is 11.8 Å². The first kappa shape index (κ1) is 39.6. The van der Waals surface area contributed by atoms with Crippen molar-refractivity contribution in [3.63, 3.8) is 0 Å². The van der Waals surface area contributed by atoms with Gasteiger partial charge in [0, 0.05) is 48.0 Å². The maximum absolute atomic E-state index is 12.4. The van der Waals surface area contributed by atoms with E-state index in [0.29, 0.717) is 45.9 Å². The highest BCUT2D eigenvalue weighted by atomic mass is 17.0. The average Bonchev–Trinajstić information content (AvgIpc) is 3.19. The first-order valence-electron chi connectivity index (χ1n) is 19.2. The number of benzene rings is 2. The molecule has 0 fully saturated rings. The number of unbranched alkanes of at least 4 members (excludes halogenated alkanes) is 2. The van der Waals surface area contributed by atoms with Gasteiger partial charge in [-0.15, -0.1) is 0 Å². The number of hydrogen-bond acceptors (Lipinski definition) is 11. The van der Waals surface area contributed by atoms with Crippen LogP contribution in [-0.2, 0) is 9.68 Å². The second-order valence-electron chi connectivity index (χ2n) is 14.7. The second-order valence-corrected chi connectivity index (χ2v) is 14.7. The first-order valence-corrected chi connectivity index (χ1v) is 19.2. The van der Waals surface area contributed by atoms with Crippen molar-refractivity contribution in [1.82, 2.24) is 9.97 Å². The number of nitrogens with zero attached hydrogens (tertiary/aromatic N) is 3. The summed E-state index contributed by atoms with van der Waals surface area (Å²) in [5, 5.41) is 23.2. The minimum atomic E-state index is -0.492. The topological polar surface area (TPSA) is 165 Å². The highest BCUT2D eigenvalue weighted by molar-refractivity contribution is 5.99. The molecule has 0 saturated heterocycles. The van der Waals surface area contributed by atoms with E-state index in [1.807, 2.05) is 12.1 Å². The summed E-state index contributed by atoms with van der Waals surface area (Å²) in [6, 6.07) is 17.0. The van der Waals surface area contributed by atoms with Crippen molar-refractivity contribution in [1.29, 1.82) is 0 Å². The van der Waals surface area contributed by atoms with Crippen LogP contribution < -0.4 is 11.3 Å². The molecule has 0 spiro atoms. The fourth-order valence-electron chi connectivity index (χ4n) is 7.25. The lowest BCUT2D eigenvalue weighted by atomic mass is 9.85. The van der Waals surface area contributed by atoms with E-state index in [0.717, 1.165) is 47.9 Å². The Morgan fingerprint density at radius 1 is 0.607 bits per heavy atom. The Hall–Kier alpha value is -6.04. The maximum atomic E-state index is 12.4. The fourth-order valence-corrected chi connectivity index (χ4v) is 7.25. The number of rotatable bonds is 18.